The summed E-state index contributed by atoms with van der Waals surface area (Å²) in [5.74, 6) is 1.82. The number of benzene rings is 1. The number of hydrogen-bond donors (Lipinski definition) is 1. The zero-order valence-corrected chi connectivity index (χ0v) is 18.6. The van der Waals surface area contributed by atoms with Crippen molar-refractivity contribution in [2.75, 3.05) is 0 Å². The number of thioether (sulfide) groups is 1. The number of thiophene rings is 1. The van der Waals surface area contributed by atoms with Gasteiger partial charge in [-0.25, -0.2) is 4.98 Å². The highest BCUT2D eigenvalue weighted by Gasteiger charge is 2.16. The fraction of sp³-hybridized carbons (Fsp3) is 0.0870. The Kier molecular flexibility index (Phi) is 5.66. The SMILES string of the molecule is C=CCn1c(SCc2nc3scc(-c4ccccc4)c3c(=O)[nH]2)nnc1-c1ccncc1. The molecule has 0 aliphatic heterocycles. The normalized spacial score (nSPS) is 11.1. The second-order valence-electron chi connectivity index (χ2n) is 6.94. The topological polar surface area (TPSA) is 89.4 Å². The third-order valence-corrected chi connectivity index (χ3v) is 6.73. The lowest BCUT2D eigenvalue weighted by Crippen LogP contribution is -2.11. The molecule has 1 aromatic carbocycles. The minimum Gasteiger partial charge on any atom is -0.309 e. The van der Waals surface area contributed by atoms with Gasteiger partial charge in [0.05, 0.1) is 11.1 Å². The van der Waals surface area contributed by atoms with Gasteiger partial charge in [0.25, 0.3) is 5.56 Å². The molecule has 5 rings (SSSR count). The van der Waals surface area contributed by atoms with Crippen LogP contribution in [0.4, 0.5) is 0 Å². The van der Waals surface area contributed by atoms with E-state index in [2.05, 4.69) is 26.7 Å². The molecule has 0 aliphatic rings. The second-order valence-corrected chi connectivity index (χ2v) is 8.74. The molecule has 0 radical (unpaired) electrons. The van der Waals surface area contributed by atoms with Crippen LogP contribution in [0.5, 0.6) is 0 Å². The number of allylic oxidation sites excluding steroid dienone is 1. The Morgan fingerprint density at radius 2 is 1.91 bits per heavy atom. The van der Waals surface area contributed by atoms with Crippen molar-refractivity contribution in [3.63, 3.8) is 0 Å². The maximum absolute atomic E-state index is 12.9. The first-order valence-corrected chi connectivity index (χ1v) is 11.7. The molecule has 1 N–H and O–H groups in total. The van der Waals surface area contributed by atoms with Crippen LogP contribution < -0.4 is 5.56 Å². The summed E-state index contributed by atoms with van der Waals surface area (Å²) in [4.78, 5) is 25.3. The first kappa shape index (κ1) is 20.3. The van der Waals surface area contributed by atoms with E-state index in [4.69, 9.17) is 4.98 Å². The van der Waals surface area contributed by atoms with Gasteiger partial charge in [0.2, 0.25) is 0 Å². The Morgan fingerprint density at radius 1 is 1.09 bits per heavy atom. The van der Waals surface area contributed by atoms with Gasteiger partial charge in [0, 0.05) is 35.4 Å². The first-order chi connectivity index (χ1) is 15.7. The van der Waals surface area contributed by atoms with Crippen LogP contribution in [0.15, 0.2) is 82.8 Å². The van der Waals surface area contributed by atoms with Gasteiger partial charge in [0.1, 0.15) is 10.7 Å². The summed E-state index contributed by atoms with van der Waals surface area (Å²) in [6.45, 7) is 4.42. The van der Waals surface area contributed by atoms with Crippen molar-refractivity contribution in [2.45, 2.75) is 17.5 Å². The van der Waals surface area contributed by atoms with Crippen molar-refractivity contribution >= 4 is 33.3 Å². The van der Waals surface area contributed by atoms with Crippen LogP contribution in [0, 0.1) is 0 Å². The van der Waals surface area contributed by atoms with E-state index in [1.807, 2.05) is 52.4 Å². The number of nitrogens with one attached hydrogen (secondary N) is 1. The number of rotatable bonds is 7. The number of fused-ring (bicyclic) bond motifs is 1. The smallest absolute Gasteiger partial charge is 0.260 e. The van der Waals surface area contributed by atoms with Crippen LogP contribution in [0.25, 0.3) is 32.7 Å². The Balaban J connectivity index is 1.43. The van der Waals surface area contributed by atoms with Gasteiger partial charge in [-0.15, -0.1) is 28.1 Å². The van der Waals surface area contributed by atoms with E-state index in [1.54, 1.807) is 18.5 Å². The molecule has 4 heterocycles. The highest BCUT2D eigenvalue weighted by atomic mass is 32.2. The van der Waals surface area contributed by atoms with Crippen molar-refractivity contribution in [3.8, 4) is 22.5 Å². The molecule has 0 unspecified atom stereocenters. The Hall–Kier alpha value is -3.56. The summed E-state index contributed by atoms with van der Waals surface area (Å²) in [7, 11) is 0. The molecule has 9 heteroatoms. The summed E-state index contributed by atoms with van der Waals surface area (Å²) >= 11 is 2.95. The second kappa shape index (κ2) is 8.89. The zero-order chi connectivity index (χ0) is 21.9. The van der Waals surface area contributed by atoms with Crippen LogP contribution in [0.3, 0.4) is 0 Å². The number of nitrogens with zero attached hydrogens (tertiary/aromatic N) is 5. The number of hydrogen-bond acceptors (Lipinski definition) is 7. The third kappa shape index (κ3) is 3.88. The van der Waals surface area contributed by atoms with Crippen molar-refractivity contribution in [1.29, 1.82) is 0 Å². The summed E-state index contributed by atoms with van der Waals surface area (Å²) < 4.78 is 1.99. The Morgan fingerprint density at radius 3 is 2.69 bits per heavy atom. The molecule has 0 aliphatic carbocycles. The molecule has 7 nitrogen and oxygen atoms in total. The van der Waals surface area contributed by atoms with Crippen LogP contribution in [0.2, 0.25) is 0 Å². The number of aromatic nitrogens is 6. The van der Waals surface area contributed by atoms with E-state index in [0.717, 1.165) is 32.5 Å². The Labute approximate surface area is 191 Å². The molecule has 0 amide bonds. The van der Waals surface area contributed by atoms with Crippen molar-refractivity contribution in [2.24, 2.45) is 0 Å². The zero-order valence-electron chi connectivity index (χ0n) is 16.9. The lowest BCUT2D eigenvalue weighted by atomic mass is 10.1. The summed E-state index contributed by atoms with van der Waals surface area (Å²) in [6, 6.07) is 13.7. The van der Waals surface area contributed by atoms with Crippen molar-refractivity contribution < 1.29 is 0 Å². The molecule has 4 aromatic heterocycles. The number of H-pyrrole nitrogens is 1. The van der Waals surface area contributed by atoms with Gasteiger partial charge in [-0.1, -0.05) is 48.2 Å². The lowest BCUT2D eigenvalue weighted by Gasteiger charge is -2.07. The largest absolute Gasteiger partial charge is 0.309 e. The molecule has 5 aromatic rings. The summed E-state index contributed by atoms with van der Waals surface area (Å²) in [6.07, 6.45) is 5.26. The van der Waals surface area contributed by atoms with Gasteiger partial charge < -0.3 is 4.98 Å². The van der Waals surface area contributed by atoms with E-state index in [9.17, 15) is 4.79 Å². The molecule has 158 valence electrons. The predicted octanol–water partition coefficient (Wildman–Crippen LogP) is 4.78. The summed E-state index contributed by atoms with van der Waals surface area (Å²) in [5, 5.41) is 12.0. The number of pyridine rings is 1. The third-order valence-electron chi connectivity index (χ3n) is 4.88. The highest BCUT2D eigenvalue weighted by molar-refractivity contribution is 7.98. The maximum atomic E-state index is 12.9. The predicted molar refractivity (Wildman–Crippen MR) is 129 cm³/mol. The lowest BCUT2D eigenvalue weighted by molar-refractivity contribution is 0.730. The minimum absolute atomic E-state index is 0.129. The van der Waals surface area contributed by atoms with E-state index < -0.39 is 0 Å². The molecular formula is C23H18N6OS2. The molecule has 32 heavy (non-hydrogen) atoms. The average Bonchev–Trinajstić information content (AvgIpc) is 3.44. The molecule has 0 saturated heterocycles. The van der Waals surface area contributed by atoms with Gasteiger partial charge in [0.15, 0.2) is 11.0 Å². The van der Waals surface area contributed by atoms with Crippen LogP contribution >= 0.6 is 23.1 Å². The molecule has 0 bridgehead atoms. The standard InChI is InChI=1S/C23H18N6OS2/c1-2-12-29-20(16-8-10-24-11-9-16)27-28-23(29)32-14-18-25-21(30)19-17(13-31-22(19)26-18)15-6-4-3-5-7-15/h2-11,13H,1,12,14H2,(H,25,26,30). The van der Waals surface area contributed by atoms with Crippen LogP contribution in [-0.4, -0.2) is 29.7 Å². The fourth-order valence-corrected chi connectivity index (χ4v) is 5.21. The van der Waals surface area contributed by atoms with Gasteiger partial charge in [-0.3, -0.25) is 14.3 Å². The van der Waals surface area contributed by atoms with Crippen LogP contribution in [0.1, 0.15) is 5.82 Å². The van der Waals surface area contributed by atoms with Gasteiger partial charge in [-0.2, -0.15) is 0 Å². The number of aromatic amines is 1. The first-order valence-electron chi connectivity index (χ1n) is 9.87. The van der Waals surface area contributed by atoms with Gasteiger partial charge in [-0.05, 0) is 17.7 Å². The van der Waals surface area contributed by atoms with E-state index in [1.165, 1.54) is 23.1 Å². The molecule has 0 atom stereocenters. The van der Waals surface area contributed by atoms with E-state index in [0.29, 0.717) is 23.5 Å². The molecular weight excluding hydrogens is 440 g/mol. The fourth-order valence-electron chi connectivity index (χ4n) is 3.43. The molecule has 0 spiro atoms. The molecule has 0 saturated carbocycles. The van der Waals surface area contributed by atoms with Crippen LogP contribution in [-0.2, 0) is 12.3 Å². The minimum atomic E-state index is -0.129. The average molecular weight is 459 g/mol. The van der Waals surface area contributed by atoms with E-state index >= 15 is 0 Å². The quantitative estimate of drug-likeness (QED) is 0.279. The van der Waals surface area contributed by atoms with E-state index in [-0.39, 0.29) is 5.56 Å². The Bertz CT molecular complexity index is 1440. The highest BCUT2D eigenvalue weighted by Crippen LogP contribution is 2.31. The van der Waals surface area contributed by atoms with Crippen molar-refractivity contribution in [1.82, 2.24) is 29.7 Å². The van der Waals surface area contributed by atoms with Gasteiger partial charge >= 0.3 is 0 Å². The van der Waals surface area contributed by atoms with Crippen molar-refractivity contribution in [3.05, 3.63) is 89.1 Å². The molecule has 0 fully saturated rings. The monoisotopic (exact) mass is 458 g/mol. The summed E-state index contributed by atoms with van der Waals surface area (Å²) in [5.41, 5.74) is 2.72. The maximum Gasteiger partial charge on any atom is 0.260 e.